The van der Waals surface area contributed by atoms with Gasteiger partial charge in [-0.3, -0.25) is 4.79 Å². The number of amides is 1. The van der Waals surface area contributed by atoms with E-state index >= 15 is 0 Å². The third-order valence-electron chi connectivity index (χ3n) is 1.72. The Morgan fingerprint density at radius 2 is 1.78 bits per heavy atom. The minimum absolute atomic E-state index is 0.242. The Bertz CT molecular complexity index is 309. The molecular formula is C10H16F3NO4. The number of nitrogens with one attached hydrogen (secondary N) is 1. The summed E-state index contributed by atoms with van der Waals surface area (Å²) in [6.45, 7) is 4.44. The lowest BCUT2D eigenvalue weighted by Crippen LogP contribution is -2.40. The molecule has 0 aliphatic rings. The van der Waals surface area contributed by atoms with E-state index in [4.69, 9.17) is 9.84 Å². The normalized spacial score (nSPS) is 14.1. The number of alkyl halides is 3. The fourth-order valence-corrected chi connectivity index (χ4v) is 1.08. The first-order valence-electron chi connectivity index (χ1n) is 5.19. The van der Waals surface area contributed by atoms with Gasteiger partial charge >= 0.3 is 18.1 Å². The van der Waals surface area contributed by atoms with E-state index in [9.17, 15) is 22.8 Å². The van der Waals surface area contributed by atoms with Crippen LogP contribution >= 0.6 is 0 Å². The van der Waals surface area contributed by atoms with Crippen molar-refractivity contribution in [3.05, 3.63) is 0 Å². The van der Waals surface area contributed by atoms with Crippen LogP contribution < -0.4 is 5.32 Å². The topological polar surface area (TPSA) is 75.6 Å². The molecule has 0 saturated carbocycles. The smallest absolute Gasteiger partial charge is 0.471 e. The molecule has 0 bridgehead atoms. The fourth-order valence-electron chi connectivity index (χ4n) is 1.08. The number of aliphatic carboxylic acids is 1. The van der Waals surface area contributed by atoms with E-state index in [1.807, 2.05) is 0 Å². The highest BCUT2D eigenvalue weighted by Gasteiger charge is 2.38. The summed E-state index contributed by atoms with van der Waals surface area (Å²) in [5, 5.41) is 10.4. The largest absolute Gasteiger partial charge is 0.479 e. The number of ether oxygens (including phenoxy) is 1. The number of hydrogen-bond acceptors (Lipinski definition) is 3. The highest BCUT2D eigenvalue weighted by molar-refractivity contribution is 5.81. The van der Waals surface area contributed by atoms with Gasteiger partial charge in [0.25, 0.3) is 0 Å². The van der Waals surface area contributed by atoms with Crippen molar-refractivity contribution in [2.75, 3.05) is 6.54 Å². The van der Waals surface area contributed by atoms with Gasteiger partial charge in [-0.25, -0.2) is 4.79 Å². The van der Waals surface area contributed by atoms with Gasteiger partial charge in [-0.05, 0) is 20.8 Å². The quantitative estimate of drug-likeness (QED) is 0.790. The van der Waals surface area contributed by atoms with Crippen molar-refractivity contribution in [2.45, 2.75) is 45.1 Å². The van der Waals surface area contributed by atoms with Crippen molar-refractivity contribution in [1.29, 1.82) is 0 Å². The lowest BCUT2D eigenvalue weighted by atomic mass is 10.1. The summed E-state index contributed by atoms with van der Waals surface area (Å²) in [4.78, 5) is 21.3. The Labute approximate surface area is 102 Å². The number of carbonyl (C=O) groups is 2. The van der Waals surface area contributed by atoms with Crippen LogP contribution in [0.3, 0.4) is 0 Å². The van der Waals surface area contributed by atoms with Crippen molar-refractivity contribution < 1.29 is 32.6 Å². The zero-order valence-corrected chi connectivity index (χ0v) is 10.3. The van der Waals surface area contributed by atoms with E-state index in [0.717, 1.165) is 0 Å². The molecule has 0 spiro atoms. The molecule has 106 valence electrons. The molecule has 18 heavy (non-hydrogen) atoms. The minimum atomic E-state index is -4.97. The molecule has 0 heterocycles. The third-order valence-corrected chi connectivity index (χ3v) is 1.72. The van der Waals surface area contributed by atoms with E-state index in [0.29, 0.717) is 0 Å². The Balaban J connectivity index is 4.23. The molecule has 0 unspecified atom stereocenters. The first-order chi connectivity index (χ1) is 7.93. The second-order valence-corrected chi connectivity index (χ2v) is 4.60. The second kappa shape index (κ2) is 6.03. The molecule has 0 aliphatic heterocycles. The average molecular weight is 271 g/mol. The highest BCUT2D eigenvalue weighted by Crippen LogP contribution is 2.15. The summed E-state index contributed by atoms with van der Waals surface area (Å²) >= 11 is 0. The Kier molecular flexibility index (Phi) is 5.59. The summed E-state index contributed by atoms with van der Waals surface area (Å²) in [7, 11) is 0. The predicted octanol–water partition coefficient (Wildman–Crippen LogP) is 1.32. The van der Waals surface area contributed by atoms with Crippen molar-refractivity contribution in [3.63, 3.8) is 0 Å². The molecule has 0 rings (SSSR count). The molecule has 5 nitrogen and oxygen atoms in total. The predicted molar refractivity (Wildman–Crippen MR) is 55.9 cm³/mol. The number of carboxylic acid groups (broad SMARTS) is 1. The van der Waals surface area contributed by atoms with Gasteiger partial charge in [-0.2, -0.15) is 13.2 Å². The zero-order chi connectivity index (χ0) is 14.6. The lowest BCUT2D eigenvalue weighted by molar-refractivity contribution is -0.174. The molecule has 8 heteroatoms. The molecule has 0 saturated heterocycles. The van der Waals surface area contributed by atoms with Gasteiger partial charge in [-0.1, -0.05) is 0 Å². The molecule has 0 fully saturated rings. The van der Waals surface area contributed by atoms with Crippen LogP contribution in [0.1, 0.15) is 27.2 Å². The first kappa shape index (κ1) is 16.7. The fraction of sp³-hybridized carbons (Fsp3) is 0.800. The Hall–Kier alpha value is -1.31. The SMILES string of the molecule is CC(C)(C)O[C@@H](CCNC(=O)C(F)(F)F)C(=O)O. The van der Waals surface area contributed by atoms with Crippen LogP contribution in [0.5, 0.6) is 0 Å². The molecule has 0 aromatic carbocycles. The van der Waals surface area contributed by atoms with E-state index in [-0.39, 0.29) is 6.42 Å². The standard InChI is InChI=1S/C10H16F3NO4/c1-9(2,3)18-6(7(15)16)4-5-14-8(17)10(11,12)13/h6H,4-5H2,1-3H3,(H,14,17)(H,15,16)/t6-/m0/s1. The van der Waals surface area contributed by atoms with Crippen molar-refractivity contribution in [2.24, 2.45) is 0 Å². The van der Waals surface area contributed by atoms with Gasteiger partial charge in [0.15, 0.2) is 6.10 Å². The zero-order valence-electron chi connectivity index (χ0n) is 10.3. The van der Waals surface area contributed by atoms with E-state index in [1.54, 1.807) is 26.1 Å². The van der Waals surface area contributed by atoms with Gasteiger partial charge in [0.05, 0.1) is 5.60 Å². The highest BCUT2D eigenvalue weighted by atomic mass is 19.4. The lowest BCUT2D eigenvalue weighted by Gasteiger charge is -2.25. The summed E-state index contributed by atoms with van der Waals surface area (Å²) < 4.78 is 40.7. The molecule has 0 aromatic heterocycles. The van der Waals surface area contributed by atoms with Gasteiger partial charge in [0.1, 0.15) is 0 Å². The third kappa shape index (κ3) is 7.10. The number of rotatable bonds is 5. The van der Waals surface area contributed by atoms with Crippen LogP contribution in [0.4, 0.5) is 13.2 Å². The number of halogens is 3. The van der Waals surface area contributed by atoms with Crippen molar-refractivity contribution in [3.8, 4) is 0 Å². The van der Waals surface area contributed by atoms with Crippen LogP contribution in [-0.4, -0.2) is 41.4 Å². The molecular weight excluding hydrogens is 255 g/mol. The maximum atomic E-state index is 11.8. The molecule has 0 radical (unpaired) electrons. The van der Waals surface area contributed by atoms with Crippen molar-refractivity contribution >= 4 is 11.9 Å². The molecule has 1 amide bonds. The van der Waals surface area contributed by atoms with Crippen LogP contribution in [-0.2, 0) is 14.3 Å². The van der Waals surface area contributed by atoms with Gasteiger partial charge in [0.2, 0.25) is 0 Å². The molecule has 2 N–H and O–H groups in total. The first-order valence-corrected chi connectivity index (χ1v) is 5.19. The van der Waals surface area contributed by atoms with Crippen molar-refractivity contribution in [1.82, 2.24) is 5.32 Å². The molecule has 1 atom stereocenters. The number of hydrogen-bond donors (Lipinski definition) is 2. The minimum Gasteiger partial charge on any atom is -0.479 e. The summed E-state index contributed by atoms with van der Waals surface area (Å²) in [6.07, 6.45) is -6.48. The number of carbonyl (C=O) groups excluding carboxylic acids is 1. The van der Waals surface area contributed by atoms with E-state index in [1.165, 1.54) is 0 Å². The molecule has 0 aliphatic carbocycles. The van der Waals surface area contributed by atoms with Gasteiger partial charge < -0.3 is 15.2 Å². The summed E-state index contributed by atoms with van der Waals surface area (Å²) in [6, 6.07) is 0. The van der Waals surface area contributed by atoms with Crippen LogP contribution in [0.2, 0.25) is 0 Å². The van der Waals surface area contributed by atoms with E-state index in [2.05, 4.69) is 0 Å². The number of carboxylic acids is 1. The monoisotopic (exact) mass is 271 g/mol. The average Bonchev–Trinajstić information content (AvgIpc) is 2.12. The van der Waals surface area contributed by atoms with Gasteiger partial charge in [0, 0.05) is 13.0 Å². The van der Waals surface area contributed by atoms with Crippen LogP contribution in [0.15, 0.2) is 0 Å². The summed E-state index contributed by atoms with van der Waals surface area (Å²) in [5.74, 6) is -3.38. The Morgan fingerprint density at radius 3 is 2.11 bits per heavy atom. The van der Waals surface area contributed by atoms with Gasteiger partial charge in [-0.15, -0.1) is 0 Å². The van der Waals surface area contributed by atoms with Crippen LogP contribution in [0.25, 0.3) is 0 Å². The van der Waals surface area contributed by atoms with Crippen LogP contribution in [0, 0.1) is 0 Å². The summed E-state index contributed by atoms with van der Waals surface area (Å²) in [5.41, 5.74) is -0.739. The maximum Gasteiger partial charge on any atom is 0.471 e. The Morgan fingerprint density at radius 1 is 1.28 bits per heavy atom. The maximum absolute atomic E-state index is 11.8. The van der Waals surface area contributed by atoms with E-state index < -0.39 is 36.3 Å². The second-order valence-electron chi connectivity index (χ2n) is 4.60. The molecule has 0 aromatic rings.